The van der Waals surface area contributed by atoms with E-state index in [4.69, 9.17) is 22.7 Å². The fourth-order valence-electron chi connectivity index (χ4n) is 3.21. The highest BCUT2D eigenvalue weighted by Crippen LogP contribution is 2.31. The van der Waals surface area contributed by atoms with E-state index in [-0.39, 0.29) is 5.91 Å². The molecule has 0 aliphatic carbocycles. The second-order valence-electron chi connectivity index (χ2n) is 6.51. The fourth-order valence-corrected chi connectivity index (χ4v) is 3.51. The highest BCUT2D eigenvalue weighted by molar-refractivity contribution is 7.80. The summed E-state index contributed by atoms with van der Waals surface area (Å²) in [6, 6.07) is 0.573. The second-order valence-corrected chi connectivity index (χ2v) is 6.95. The van der Waals surface area contributed by atoms with E-state index in [1.165, 1.54) is 0 Å². The number of rotatable bonds is 5. The summed E-state index contributed by atoms with van der Waals surface area (Å²) in [7, 11) is 0. The van der Waals surface area contributed by atoms with Crippen LogP contribution in [-0.2, 0) is 9.53 Å². The summed E-state index contributed by atoms with van der Waals surface area (Å²) in [5, 5.41) is 3.09. The van der Waals surface area contributed by atoms with E-state index in [1.807, 2.05) is 0 Å². The van der Waals surface area contributed by atoms with E-state index < -0.39 is 5.41 Å². The third-order valence-electron chi connectivity index (χ3n) is 4.85. The van der Waals surface area contributed by atoms with Crippen LogP contribution in [0.3, 0.4) is 0 Å². The normalized spacial score (nSPS) is 26.0. The number of thiocarbonyl (C=S) groups is 1. The van der Waals surface area contributed by atoms with E-state index in [1.54, 1.807) is 0 Å². The fraction of sp³-hybridized carbons (Fsp3) is 0.867. The molecule has 1 atom stereocenters. The van der Waals surface area contributed by atoms with Gasteiger partial charge in [0.15, 0.2) is 0 Å². The van der Waals surface area contributed by atoms with Crippen molar-refractivity contribution >= 4 is 23.1 Å². The molecule has 1 amide bonds. The Morgan fingerprint density at radius 1 is 1.48 bits per heavy atom. The van der Waals surface area contributed by atoms with Crippen molar-refractivity contribution in [3.63, 3.8) is 0 Å². The predicted octanol–water partition coefficient (Wildman–Crippen LogP) is 0.916. The first-order valence-corrected chi connectivity index (χ1v) is 8.26. The number of hydrogen-bond donors (Lipinski definition) is 2. The molecule has 2 rings (SSSR count). The summed E-state index contributed by atoms with van der Waals surface area (Å²) in [5.41, 5.74) is 5.15. The predicted molar refractivity (Wildman–Crippen MR) is 87.1 cm³/mol. The van der Waals surface area contributed by atoms with Crippen LogP contribution in [0.5, 0.6) is 0 Å². The maximum absolute atomic E-state index is 12.6. The van der Waals surface area contributed by atoms with Gasteiger partial charge in [-0.1, -0.05) is 12.2 Å². The molecule has 0 aromatic heterocycles. The third kappa shape index (κ3) is 3.73. The largest absolute Gasteiger partial charge is 0.392 e. The van der Waals surface area contributed by atoms with Crippen LogP contribution in [0.1, 0.15) is 33.1 Å². The van der Waals surface area contributed by atoms with Gasteiger partial charge in [0.1, 0.15) is 5.41 Å². The van der Waals surface area contributed by atoms with Crippen LogP contribution in [0.15, 0.2) is 0 Å². The molecule has 2 heterocycles. The van der Waals surface area contributed by atoms with Crippen LogP contribution in [0.4, 0.5) is 0 Å². The van der Waals surface area contributed by atoms with Crippen molar-refractivity contribution in [2.24, 2.45) is 17.1 Å². The highest BCUT2D eigenvalue weighted by atomic mass is 32.1. The lowest BCUT2D eigenvalue weighted by atomic mass is 9.79. The summed E-state index contributed by atoms with van der Waals surface area (Å²) in [6.07, 6.45) is 2.33. The van der Waals surface area contributed by atoms with Crippen molar-refractivity contribution < 1.29 is 9.53 Å². The molecule has 120 valence electrons. The Labute approximate surface area is 132 Å². The molecule has 0 aromatic rings. The SMILES string of the molecule is CC(C)N1CCC(CNC(=O)C2(C(N)=S)CCOCC2)C1. The van der Waals surface area contributed by atoms with Crippen LogP contribution < -0.4 is 11.1 Å². The first kappa shape index (κ1) is 16.6. The van der Waals surface area contributed by atoms with Crippen LogP contribution >= 0.6 is 12.2 Å². The highest BCUT2D eigenvalue weighted by Gasteiger charge is 2.43. The molecule has 5 nitrogen and oxygen atoms in total. The molecule has 2 fully saturated rings. The first-order valence-electron chi connectivity index (χ1n) is 7.86. The maximum atomic E-state index is 12.6. The third-order valence-corrected chi connectivity index (χ3v) is 5.24. The molecule has 0 bridgehead atoms. The lowest BCUT2D eigenvalue weighted by molar-refractivity contribution is -0.131. The maximum Gasteiger partial charge on any atom is 0.233 e. The number of carbonyl (C=O) groups excluding carboxylic acids is 1. The number of carbonyl (C=O) groups is 1. The second kappa shape index (κ2) is 7.03. The van der Waals surface area contributed by atoms with E-state index in [2.05, 4.69) is 24.1 Å². The smallest absolute Gasteiger partial charge is 0.233 e. The molecule has 1 unspecified atom stereocenters. The number of ether oxygens (including phenoxy) is 1. The molecular weight excluding hydrogens is 286 g/mol. The molecular formula is C15H27N3O2S. The molecule has 0 radical (unpaired) electrons. The van der Waals surface area contributed by atoms with Gasteiger partial charge in [-0.2, -0.15) is 0 Å². The van der Waals surface area contributed by atoms with Crippen LogP contribution in [-0.4, -0.2) is 54.7 Å². The Morgan fingerprint density at radius 3 is 2.67 bits per heavy atom. The Morgan fingerprint density at radius 2 is 2.14 bits per heavy atom. The average molecular weight is 313 g/mol. The molecule has 2 saturated heterocycles. The van der Waals surface area contributed by atoms with Crippen LogP contribution in [0.2, 0.25) is 0 Å². The summed E-state index contributed by atoms with van der Waals surface area (Å²) in [6.45, 7) is 8.42. The number of nitrogens with one attached hydrogen (secondary N) is 1. The first-order chi connectivity index (χ1) is 9.95. The zero-order valence-electron chi connectivity index (χ0n) is 13.1. The van der Waals surface area contributed by atoms with E-state index in [0.29, 0.717) is 49.5 Å². The number of nitrogens with zero attached hydrogens (tertiary/aromatic N) is 1. The van der Waals surface area contributed by atoms with Crippen molar-refractivity contribution in [1.82, 2.24) is 10.2 Å². The summed E-state index contributed by atoms with van der Waals surface area (Å²) in [4.78, 5) is 15.3. The lowest BCUT2D eigenvalue weighted by Gasteiger charge is -2.35. The van der Waals surface area contributed by atoms with Crippen molar-refractivity contribution in [2.45, 2.75) is 39.2 Å². The summed E-state index contributed by atoms with van der Waals surface area (Å²) < 4.78 is 5.34. The standard InChI is InChI=1S/C15H27N3O2S/c1-11(2)18-6-3-12(10-18)9-17-14(19)15(13(16)21)4-7-20-8-5-15/h11-12H,3-10H2,1-2H3,(H2,16,21)(H,17,19). The Hall–Kier alpha value is -0.720. The van der Waals surface area contributed by atoms with Gasteiger partial charge >= 0.3 is 0 Å². The topological polar surface area (TPSA) is 67.6 Å². The summed E-state index contributed by atoms with van der Waals surface area (Å²) in [5.74, 6) is 0.515. The van der Waals surface area contributed by atoms with Gasteiger partial charge in [-0.05, 0) is 45.6 Å². The van der Waals surface area contributed by atoms with Crippen molar-refractivity contribution in [3.8, 4) is 0 Å². The zero-order chi connectivity index (χ0) is 15.5. The van der Waals surface area contributed by atoms with Gasteiger partial charge in [0, 0.05) is 32.3 Å². The van der Waals surface area contributed by atoms with Gasteiger partial charge < -0.3 is 20.7 Å². The molecule has 2 aliphatic heterocycles. The van der Waals surface area contributed by atoms with Gasteiger partial charge in [0.05, 0.1) is 4.99 Å². The quantitative estimate of drug-likeness (QED) is 0.739. The van der Waals surface area contributed by atoms with Crippen molar-refractivity contribution in [2.75, 3.05) is 32.8 Å². The van der Waals surface area contributed by atoms with Gasteiger partial charge in [0.25, 0.3) is 0 Å². The zero-order valence-corrected chi connectivity index (χ0v) is 13.9. The van der Waals surface area contributed by atoms with Crippen molar-refractivity contribution in [1.29, 1.82) is 0 Å². The Kier molecular flexibility index (Phi) is 5.57. The molecule has 0 spiro atoms. The lowest BCUT2D eigenvalue weighted by Crippen LogP contribution is -2.52. The molecule has 6 heteroatoms. The molecule has 21 heavy (non-hydrogen) atoms. The number of amides is 1. The Bertz CT molecular complexity index is 394. The number of nitrogens with two attached hydrogens (primary N) is 1. The average Bonchev–Trinajstić information content (AvgIpc) is 2.94. The van der Waals surface area contributed by atoms with Crippen LogP contribution in [0.25, 0.3) is 0 Å². The van der Waals surface area contributed by atoms with Gasteiger partial charge in [0.2, 0.25) is 5.91 Å². The monoisotopic (exact) mass is 313 g/mol. The molecule has 0 aromatic carbocycles. The number of hydrogen-bond acceptors (Lipinski definition) is 4. The number of likely N-dealkylation sites (tertiary alicyclic amines) is 1. The van der Waals surface area contributed by atoms with E-state index in [9.17, 15) is 4.79 Å². The van der Waals surface area contributed by atoms with Gasteiger partial charge in [-0.3, -0.25) is 4.79 Å². The van der Waals surface area contributed by atoms with Gasteiger partial charge in [-0.25, -0.2) is 0 Å². The molecule has 3 N–H and O–H groups in total. The Balaban J connectivity index is 1.87. The molecule has 2 aliphatic rings. The minimum atomic E-state index is -0.704. The minimum absolute atomic E-state index is 0.0127. The van der Waals surface area contributed by atoms with E-state index in [0.717, 1.165) is 19.5 Å². The van der Waals surface area contributed by atoms with Gasteiger partial charge in [-0.15, -0.1) is 0 Å². The summed E-state index contributed by atoms with van der Waals surface area (Å²) >= 11 is 5.16. The molecule has 0 saturated carbocycles. The van der Waals surface area contributed by atoms with Crippen LogP contribution in [0, 0.1) is 11.3 Å². The van der Waals surface area contributed by atoms with Crippen molar-refractivity contribution in [3.05, 3.63) is 0 Å². The minimum Gasteiger partial charge on any atom is -0.392 e. The van der Waals surface area contributed by atoms with E-state index >= 15 is 0 Å².